The minimum atomic E-state index is -0.434. The number of amidine groups is 2. The molecule has 1 unspecified atom stereocenters. The molecule has 12 nitrogen and oxygen atoms in total. The third kappa shape index (κ3) is 6.28. The second-order valence-corrected chi connectivity index (χ2v) is 8.79. The fraction of sp³-hybridized carbons (Fsp3) is 0.259. The first kappa shape index (κ1) is 27.0. The van der Waals surface area contributed by atoms with Crippen LogP contribution in [0.4, 0.5) is 5.82 Å². The van der Waals surface area contributed by atoms with Crippen molar-refractivity contribution in [1.29, 1.82) is 5.41 Å². The smallest absolute Gasteiger partial charge is 0.242 e. The molecule has 0 saturated carbocycles. The Balaban J connectivity index is 1.75. The highest BCUT2D eigenvalue weighted by Gasteiger charge is 2.23. The number of imidazole rings is 1. The summed E-state index contributed by atoms with van der Waals surface area (Å²) in [5.74, 6) is 7.16. The maximum absolute atomic E-state index is 12.6. The van der Waals surface area contributed by atoms with E-state index in [-0.39, 0.29) is 11.7 Å². The normalized spacial score (nSPS) is 15.0. The van der Waals surface area contributed by atoms with Gasteiger partial charge in [0.25, 0.3) is 0 Å². The highest BCUT2D eigenvalue weighted by Crippen LogP contribution is 2.21. The number of amides is 1. The number of nitrogens with one attached hydrogen (secondary N) is 4. The molecule has 198 valence electrons. The second kappa shape index (κ2) is 11.6. The molecule has 4 N–H and O–H groups in total. The zero-order valence-corrected chi connectivity index (χ0v) is 22.6. The molecule has 0 radical (unpaired) electrons. The Morgan fingerprint density at radius 3 is 2.46 bits per heavy atom. The van der Waals surface area contributed by atoms with Crippen LogP contribution >= 0.6 is 0 Å². The SMILES string of the molecule is CN/C(C)=C1\C(=N)N=C(C)N=C1c1cc(C#Cc2cnc(-n3cnc(C)c3)nc2)nc(NC(=O)C(C)NC)c1. The Labute approximate surface area is 226 Å². The first-order valence-corrected chi connectivity index (χ1v) is 12.2. The van der Waals surface area contributed by atoms with Gasteiger partial charge >= 0.3 is 0 Å². The zero-order valence-electron chi connectivity index (χ0n) is 22.6. The molecule has 3 aromatic heterocycles. The molecule has 1 aliphatic heterocycles. The quantitative estimate of drug-likeness (QED) is 0.360. The van der Waals surface area contributed by atoms with Crippen LogP contribution in [0.1, 0.15) is 43.3 Å². The molecule has 4 rings (SSSR count). The summed E-state index contributed by atoms with van der Waals surface area (Å²) in [4.78, 5) is 38.9. The van der Waals surface area contributed by atoms with Gasteiger partial charge in [0.05, 0.1) is 28.6 Å². The topological polar surface area (TPSA) is 158 Å². The molecule has 4 heterocycles. The number of likely N-dealkylation sites (N-methyl/N-ethyl adjacent to an activating group) is 1. The number of allylic oxidation sites excluding steroid dienone is 1. The van der Waals surface area contributed by atoms with Crippen LogP contribution in [0.5, 0.6) is 0 Å². The van der Waals surface area contributed by atoms with Crippen molar-refractivity contribution in [2.75, 3.05) is 19.4 Å². The van der Waals surface area contributed by atoms with Crippen molar-refractivity contribution >= 4 is 29.1 Å². The van der Waals surface area contributed by atoms with E-state index in [1.165, 1.54) is 0 Å². The van der Waals surface area contributed by atoms with E-state index < -0.39 is 6.04 Å². The monoisotopic (exact) mass is 523 g/mol. The summed E-state index contributed by atoms with van der Waals surface area (Å²) in [5.41, 5.74) is 4.29. The first-order chi connectivity index (χ1) is 18.7. The van der Waals surface area contributed by atoms with Crippen LogP contribution in [0, 0.1) is 24.2 Å². The number of rotatable bonds is 6. The maximum Gasteiger partial charge on any atom is 0.242 e. The predicted octanol–water partition coefficient (Wildman–Crippen LogP) is 2.00. The van der Waals surface area contributed by atoms with E-state index in [9.17, 15) is 4.79 Å². The van der Waals surface area contributed by atoms with E-state index in [0.717, 1.165) is 11.4 Å². The number of aliphatic imine (C=N–C) groups is 2. The van der Waals surface area contributed by atoms with Gasteiger partial charge in [0.15, 0.2) is 5.84 Å². The molecule has 1 amide bonds. The number of pyridine rings is 1. The Morgan fingerprint density at radius 1 is 1.08 bits per heavy atom. The molecule has 0 aromatic carbocycles. The number of carbonyl (C=O) groups is 1. The van der Waals surface area contributed by atoms with E-state index >= 15 is 0 Å². The van der Waals surface area contributed by atoms with Crippen molar-refractivity contribution in [2.45, 2.75) is 33.7 Å². The van der Waals surface area contributed by atoms with Gasteiger partial charge < -0.3 is 16.0 Å². The predicted molar refractivity (Wildman–Crippen MR) is 150 cm³/mol. The average molecular weight is 524 g/mol. The number of anilines is 1. The fourth-order valence-corrected chi connectivity index (χ4v) is 3.61. The Morgan fingerprint density at radius 2 is 1.82 bits per heavy atom. The molecule has 12 heteroatoms. The van der Waals surface area contributed by atoms with Gasteiger partial charge in [-0.2, -0.15) is 0 Å². The summed E-state index contributed by atoms with van der Waals surface area (Å²) in [5, 5.41) is 17.3. The van der Waals surface area contributed by atoms with Gasteiger partial charge in [-0.25, -0.2) is 29.9 Å². The lowest BCUT2D eigenvalue weighted by molar-refractivity contribution is -0.117. The van der Waals surface area contributed by atoms with E-state index in [1.54, 1.807) is 63.4 Å². The van der Waals surface area contributed by atoms with Gasteiger partial charge in [0, 0.05) is 36.9 Å². The minimum absolute atomic E-state index is 0.0912. The first-order valence-electron chi connectivity index (χ1n) is 12.2. The van der Waals surface area contributed by atoms with Crippen molar-refractivity contribution in [3.05, 3.63) is 70.8 Å². The van der Waals surface area contributed by atoms with Crippen molar-refractivity contribution in [3.8, 4) is 17.8 Å². The van der Waals surface area contributed by atoms with Crippen LogP contribution in [0.2, 0.25) is 0 Å². The molecule has 39 heavy (non-hydrogen) atoms. The average Bonchev–Trinajstić information content (AvgIpc) is 3.36. The largest absolute Gasteiger partial charge is 0.391 e. The molecule has 0 fully saturated rings. The summed E-state index contributed by atoms with van der Waals surface area (Å²) in [7, 11) is 3.47. The summed E-state index contributed by atoms with van der Waals surface area (Å²) in [6.45, 7) is 7.22. The zero-order chi connectivity index (χ0) is 28.1. The van der Waals surface area contributed by atoms with E-state index in [4.69, 9.17) is 5.41 Å². The molecule has 0 spiro atoms. The standard InChI is InChI=1S/C27H29N11O/c1-15-13-38(14-33-15)27-31-11-19(12-32-27)7-8-21-9-20(10-22(36-21)37-26(39)17(3)30-6)24-23(16(2)29-5)25(28)35-18(4)34-24/h9-14,17,28-30H,1-6H3,(H,36,37,39)/b23-16-,28-25?. The number of aromatic nitrogens is 5. The highest BCUT2D eigenvalue weighted by molar-refractivity contribution is 6.35. The number of aryl methyl sites for hydroxylation is 1. The number of carbonyl (C=O) groups excluding carboxylic acids is 1. The molecular formula is C27H29N11O. The van der Waals surface area contributed by atoms with Gasteiger partial charge in [-0.05, 0) is 52.8 Å². The van der Waals surface area contributed by atoms with E-state index in [2.05, 4.69) is 57.7 Å². The number of hydrogen-bond donors (Lipinski definition) is 4. The van der Waals surface area contributed by atoms with Gasteiger partial charge in [-0.3, -0.25) is 14.8 Å². The molecule has 0 bridgehead atoms. The molecule has 0 saturated heterocycles. The van der Waals surface area contributed by atoms with E-state index in [0.29, 0.717) is 45.7 Å². The third-order valence-corrected chi connectivity index (χ3v) is 5.86. The second-order valence-electron chi connectivity index (χ2n) is 8.79. The molecule has 1 atom stereocenters. The van der Waals surface area contributed by atoms with Gasteiger partial charge in [-0.1, -0.05) is 5.92 Å². The van der Waals surface area contributed by atoms with Crippen LogP contribution in [0.3, 0.4) is 0 Å². The maximum atomic E-state index is 12.6. The van der Waals surface area contributed by atoms with Crippen LogP contribution in [-0.4, -0.2) is 67.9 Å². The lowest BCUT2D eigenvalue weighted by Crippen LogP contribution is -2.35. The Bertz CT molecular complexity index is 1580. The van der Waals surface area contributed by atoms with Crippen molar-refractivity contribution in [3.63, 3.8) is 0 Å². The fourth-order valence-electron chi connectivity index (χ4n) is 3.61. The Kier molecular flexibility index (Phi) is 8.02. The Hall–Kier alpha value is -5.02. The minimum Gasteiger partial charge on any atom is -0.391 e. The lowest BCUT2D eigenvalue weighted by Gasteiger charge is -2.19. The van der Waals surface area contributed by atoms with Crippen molar-refractivity contribution < 1.29 is 4.79 Å². The summed E-state index contributed by atoms with van der Waals surface area (Å²) in [6, 6.07) is 3.04. The summed E-state index contributed by atoms with van der Waals surface area (Å²) >= 11 is 0. The van der Waals surface area contributed by atoms with Crippen molar-refractivity contribution in [2.24, 2.45) is 9.98 Å². The van der Waals surface area contributed by atoms with E-state index in [1.807, 2.05) is 20.0 Å². The lowest BCUT2D eigenvalue weighted by atomic mass is 9.98. The van der Waals surface area contributed by atoms with Crippen LogP contribution in [0.25, 0.3) is 5.95 Å². The summed E-state index contributed by atoms with van der Waals surface area (Å²) < 4.78 is 1.73. The highest BCUT2D eigenvalue weighted by atomic mass is 16.2. The van der Waals surface area contributed by atoms with Gasteiger partial charge in [0.1, 0.15) is 23.7 Å². The summed E-state index contributed by atoms with van der Waals surface area (Å²) in [6.07, 6.45) is 6.72. The third-order valence-electron chi connectivity index (χ3n) is 5.86. The molecule has 3 aromatic rings. The van der Waals surface area contributed by atoms with Crippen LogP contribution in [0.15, 0.2) is 58.3 Å². The van der Waals surface area contributed by atoms with Crippen LogP contribution < -0.4 is 16.0 Å². The molecule has 1 aliphatic rings. The van der Waals surface area contributed by atoms with Gasteiger partial charge in [0.2, 0.25) is 11.9 Å². The van der Waals surface area contributed by atoms with Crippen LogP contribution in [-0.2, 0) is 4.79 Å². The number of hydrogen-bond acceptors (Lipinski definition) is 9. The molecular weight excluding hydrogens is 494 g/mol. The molecule has 0 aliphatic carbocycles. The van der Waals surface area contributed by atoms with Gasteiger partial charge in [-0.15, -0.1) is 0 Å². The number of nitrogens with zero attached hydrogens (tertiary/aromatic N) is 7. The van der Waals surface area contributed by atoms with Crippen molar-refractivity contribution in [1.82, 2.24) is 35.1 Å².